The SMILES string of the molecule is C[C@@H](Nc1nnc(C(C)(C)C)s1)c1nnc2n1CCC2. The molecule has 6 nitrogen and oxygen atoms in total. The quantitative estimate of drug-likeness (QED) is 0.941. The van der Waals surface area contributed by atoms with Gasteiger partial charge in [-0.3, -0.25) is 0 Å². The van der Waals surface area contributed by atoms with Gasteiger partial charge in [0.05, 0.1) is 6.04 Å². The van der Waals surface area contributed by atoms with Crippen molar-refractivity contribution in [2.24, 2.45) is 0 Å². The fourth-order valence-corrected chi connectivity index (χ4v) is 3.22. The van der Waals surface area contributed by atoms with Crippen molar-refractivity contribution in [2.45, 2.75) is 58.5 Å². The van der Waals surface area contributed by atoms with Crippen LogP contribution in [0, 0.1) is 0 Å². The van der Waals surface area contributed by atoms with Crippen molar-refractivity contribution in [1.29, 1.82) is 0 Å². The molecule has 3 heterocycles. The number of hydrogen-bond donors (Lipinski definition) is 1. The number of nitrogens with zero attached hydrogens (tertiary/aromatic N) is 5. The van der Waals surface area contributed by atoms with Crippen LogP contribution in [0.3, 0.4) is 0 Å². The third kappa shape index (κ3) is 2.42. The van der Waals surface area contributed by atoms with Crippen LogP contribution >= 0.6 is 11.3 Å². The Kier molecular flexibility index (Phi) is 3.24. The van der Waals surface area contributed by atoms with Gasteiger partial charge in [-0.1, -0.05) is 32.1 Å². The molecule has 1 aliphatic heterocycles. The summed E-state index contributed by atoms with van der Waals surface area (Å²) in [5, 5.41) is 22.3. The third-order valence-electron chi connectivity index (χ3n) is 3.43. The van der Waals surface area contributed by atoms with Crippen LogP contribution < -0.4 is 5.32 Å². The first-order valence-electron chi connectivity index (χ1n) is 6.97. The number of rotatable bonds is 3. The molecule has 0 aromatic carbocycles. The molecule has 1 atom stereocenters. The van der Waals surface area contributed by atoms with Crippen molar-refractivity contribution in [2.75, 3.05) is 5.32 Å². The number of nitrogens with one attached hydrogen (secondary N) is 1. The van der Waals surface area contributed by atoms with Gasteiger partial charge in [0, 0.05) is 18.4 Å². The Bertz CT molecular complexity index is 609. The molecule has 3 rings (SSSR count). The Labute approximate surface area is 122 Å². The Morgan fingerprint density at radius 2 is 2.00 bits per heavy atom. The molecule has 108 valence electrons. The second-order valence-corrected chi connectivity index (χ2v) is 7.24. The topological polar surface area (TPSA) is 68.5 Å². The number of anilines is 1. The molecular formula is C13H20N6S. The van der Waals surface area contributed by atoms with E-state index >= 15 is 0 Å². The molecule has 0 amide bonds. The van der Waals surface area contributed by atoms with Crippen LogP contribution in [0.15, 0.2) is 0 Å². The van der Waals surface area contributed by atoms with Gasteiger partial charge in [-0.05, 0) is 13.3 Å². The van der Waals surface area contributed by atoms with E-state index in [9.17, 15) is 0 Å². The first kappa shape index (κ1) is 13.5. The van der Waals surface area contributed by atoms with Crippen molar-refractivity contribution in [3.05, 3.63) is 16.7 Å². The second kappa shape index (κ2) is 4.80. The van der Waals surface area contributed by atoms with E-state index in [0.29, 0.717) is 0 Å². The first-order valence-corrected chi connectivity index (χ1v) is 7.79. The maximum absolute atomic E-state index is 4.30. The maximum atomic E-state index is 4.30. The maximum Gasteiger partial charge on any atom is 0.206 e. The fourth-order valence-electron chi connectivity index (χ4n) is 2.33. The molecule has 0 spiro atoms. The van der Waals surface area contributed by atoms with Crippen LogP contribution in [0.1, 0.15) is 56.8 Å². The number of fused-ring (bicyclic) bond motifs is 1. The number of aromatic nitrogens is 5. The predicted molar refractivity (Wildman–Crippen MR) is 79.0 cm³/mol. The van der Waals surface area contributed by atoms with Crippen molar-refractivity contribution in [1.82, 2.24) is 25.0 Å². The summed E-state index contributed by atoms with van der Waals surface area (Å²) < 4.78 is 2.21. The molecule has 0 aliphatic carbocycles. The minimum Gasteiger partial charge on any atom is -0.350 e. The lowest BCUT2D eigenvalue weighted by Gasteiger charge is -2.13. The zero-order valence-electron chi connectivity index (χ0n) is 12.3. The summed E-state index contributed by atoms with van der Waals surface area (Å²) >= 11 is 1.61. The monoisotopic (exact) mass is 292 g/mol. The lowest BCUT2D eigenvalue weighted by Crippen LogP contribution is -2.13. The van der Waals surface area contributed by atoms with Crippen LogP contribution in [-0.2, 0) is 18.4 Å². The fraction of sp³-hybridized carbons (Fsp3) is 0.692. The van der Waals surface area contributed by atoms with E-state index in [1.54, 1.807) is 11.3 Å². The molecule has 2 aromatic rings. The highest BCUT2D eigenvalue weighted by Gasteiger charge is 2.23. The molecule has 2 aromatic heterocycles. The minimum absolute atomic E-state index is 0.0386. The highest BCUT2D eigenvalue weighted by molar-refractivity contribution is 7.15. The van der Waals surface area contributed by atoms with Gasteiger partial charge in [-0.2, -0.15) is 0 Å². The summed E-state index contributed by atoms with van der Waals surface area (Å²) in [4.78, 5) is 0. The highest BCUT2D eigenvalue weighted by atomic mass is 32.1. The highest BCUT2D eigenvalue weighted by Crippen LogP contribution is 2.30. The molecule has 0 bridgehead atoms. The van der Waals surface area contributed by atoms with E-state index in [-0.39, 0.29) is 11.5 Å². The summed E-state index contributed by atoms with van der Waals surface area (Å²) in [5.74, 6) is 2.09. The van der Waals surface area contributed by atoms with E-state index in [1.165, 1.54) is 0 Å². The summed E-state index contributed by atoms with van der Waals surface area (Å²) in [5.41, 5.74) is 0.0386. The number of aryl methyl sites for hydroxylation is 1. The Morgan fingerprint density at radius 1 is 1.20 bits per heavy atom. The van der Waals surface area contributed by atoms with Crippen LogP contribution in [0.2, 0.25) is 0 Å². The van der Waals surface area contributed by atoms with Gasteiger partial charge in [0.2, 0.25) is 5.13 Å². The minimum atomic E-state index is 0.0386. The smallest absolute Gasteiger partial charge is 0.206 e. The van der Waals surface area contributed by atoms with Crippen molar-refractivity contribution in [3.63, 3.8) is 0 Å². The van der Waals surface area contributed by atoms with Crippen LogP contribution in [0.4, 0.5) is 5.13 Å². The summed E-state index contributed by atoms with van der Waals surface area (Å²) in [7, 11) is 0. The van der Waals surface area contributed by atoms with E-state index in [1.807, 2.05) is 0 Å². The molecule has 0 unspecified atom stereocenters. The lowest BCUT2D eigenvalue weighted by molar-refractivity contribution is 0.578. The van der Waals surface area contributed by atoms with E-state index < -0.39 is 0 Å². The molecule has 1 N–H and O–H groups in total. The van der Waals surface area contributed by atoms with Crippen molar-refractivity contribution >= 4 is 16.5 Å². The van der Waals surface area contributed by atoms with Crippen LogP contribution in [0.25, 0.3) is 0 Å². The zero-order valence-corrected chi connectivity index (χ0v) is 13.2. The zero-order chi connectivity index (χ0) is 14.3. The standard InChI is InChI=1S/C13H20N6S/c1-8(10-16-15-9-6-5-7-19(9)10)14-12-18-17-11(20-12)13(2,3)4/h8H,5-7H2,1-4H3,(H,14,18)/t8-/m1/s1. The van der Waals surface area contributed by atoms with Gasteiger partial charge < -0.3 is 9.88 Å². The van der Waals surface area contributed by atoms with Gasteiger partial charge >= 0.3 is 0 Å². The van der Waals surface area contributed by atoms with Gasteiger partial charge in [0.15, 0.2) is 5.82 Å². The van der Waals surface area contributed by atoms with Crippen molar-refractivity contribution < 1.29 is 0 Å². The van der Waals surface area contributed by atoms with Gasteiger partial charge in [0.1, 0.15) is 10.8 Å². The molecule has 0 radical (unpaired) electrons. The Morgan fingerprint density at radius 3 is 2.70 bits per heavy atom. The van der Waals surface area contributed by atoms with Crippen molar-refractivity contribution in [3.8, 4) is 0 Å². The molecule has 0 saturated carbocycles. The van der Waals surface area contributed by atoms with E-state index in [2.05, 4.69) is 58.0 Å². The van der Waals surface area contributed by atoms with Crippen LogP contribution in [-0.4, -0.2) is 25.0 Å². The number of hydrogen-bond acceptors (Lipinski definition) is 6. The Hall–Kier alpha value is -1.50. The van der Waals surface area contributed by atoms with Gasteiger partial charge in [0.25, 0.3) is 0 Å². The molecule has 0 fully saturated rings. The lowest BCUT2D eigenvalue weighted by atomic mass is 9.98. The van der Waals surface area contributed by atoms with Gasteiger partial charge in [-0.15, -0.1) is 20.4 Å². The van der Waals surface area contributed by atoms with E-state index in [0.717, 1.165) is 41.2 Å². The molecule has 0 saturated heterocycles. The van der Waals surface area contributed by atoms with Crippen LogP contribution in [0.5, 0.6) is 0 Å². The Balaban J connectivity index is 1.76. The average molecular weight is 292 g/mol. The average Bonchev–Trinajstić information content (AvgIpc) is 3.01. The third-order valence-corrected chi connectivity index (χ3v) is 4.71. The normalized spacial score (nSPS) is 16.2. The van der Waals surface area contributed by atoms with Gasteiger partial charge in [-0.25, -0.2) is 0 Å². The largest absolute Gasteiger partial charge is 0.350 e. The summed E-state index contributed by atoms with van der Waals surface area (Å²) in [6.45, 7) is 9.55. The second-order valence-electron chi connectivity index (χ2n) is 6.26. The summed E-state index contributed by atoms with van der Waals surface area (Å²) in [6, 6.07) is 0.0927. The van der Waals surface area contributed by atoms with E-state index in [4.69, 9.17) is 0 Å². The molecule has 1 aliphatic rings. The molecule has 20 heavy (non-hydrogen) atoms. The predicted octanol–water partition coefficient (Wildman–Crippen LogP) is 2.55. The summed E-state index contributed by atoms with van der Waals surface area (Å²) in [6.07, 6.45) is 2.20. The molecular weight excluding hydrogens is 272 g/mol. The molecule has 7 heteroatoms. The first-order chi connectivity index (χ1) is 9.45.